The molecule has 6 aliphatic rings. The van der Waals surface area contributed by atoms with Crippen LogP contribution in [0.5, 0.6) is 5.75 Å². The third-order valence-corrected chi connectivity index (χ3v) is 16.2. The lowest BCUT2D eigenvalue weighted by atomic mass is 9.34. The van der Waals surface area contributed by atoms with Crippen LogP contribution in [0.25, 0.3) is 0 Å². The van der Waals surface area contributed by atoms with E-state index in [0.29, 0.717) is 37.7 Å². The quantitative estimate of drug-likeness (QED) is 0.178. The number of hydrogen-bond donors (Lipinski definition) is 5. The van der Waals surface area contributed by atoms with Crippen molar-refractivity contribution in [3.8, 4) is 5.75 Å². The highest BCUT2D eigenvalue weighted by atomic mass is 16.7. The maximum atomic E-state index is 13.5. The van der Waals surface area contributed by atoms with Crippen molar-refractivity contribution >= 4 is 5.97 Å². The number of aliphatic hydroxyl groups excluding tert-OH is 4. The van der Waals surface area contributed by atoms with E-state index in [-0.39, 0.29) is 34.0 Å². The van der Waals surface area contributed by atoms with Crippen molar-refractivity contribution in [2.45, 2.75) is 130 Å². The van der Waals surface area contributed by atoms with Crippen LogP contribution in [-0.4, -0.2) is 94.2 Å². The lowest BCUT2D eigenvalue weighted by Gasteiger charge is -2.71. The number of hydrogen-bond acceptors (Lipinski definition) is 9. The number of rotatable bonds is 8. The first kappa shape index (κ1) is 38.2. The fraction of sp³-hybridized carbons (Fsp3) is 0.786. The van der Waals surface area contributed by atoms with Gasteiger partial charge in [-0.25, -0.2) is 0 Å². The van der Waals surface area contributed by atoms with E-state index >= 15 is 0 Å². The second-order valence-corrected chi connectivity index (χ2v) is 18.8. The summed E-state index contributed by atoms with van der Waals surface area (Å²) >= 11 is 0. The number of carboxylic acids is 1. The number of carboxylic acid groups (broad SMARTS) is 1. The van der Waals surface area contributed by atoms with E-state index in [9.17, 15) is 30.3 Å². The average molecular weight is 727 g/mol. The van der Waals surface area contributed by atoms with Crippen LogP contribution in [0.4, 0.5) is 0 Å². The Balaban J connectivity index is 1.29. The molecule has 7 rings (SSSR count). The van der Waals surface area contributed by atoms with Crippen LogP contribution in [0.15, 0.2) is 42.0 Å². The Morgan fingerprint density at radius 3 is 2.31 bits per heavy atom. The number of carbonyl (C=O) groups is 1. The molecule has 16 atom stereocenters. The highest BCUT2D eigenvalue weighted by Crippen LogP contribution is 2.75. The molecule has 5 fully saturated rings. The summed E-state index contributed by atoms with van der Waals surface area (Å²) in [6, 6.07) is 9.63. The van der Waals surface area contributed by atoms with E-state index in [1.807, 2.05) is 30.3 Å². The first-order valence-corrected chi connectivity index (χ1v) is 19.7. The Kier molecular flexibility index (Phi) is 9.79. The van der Waals surface area contributed by atoms with Crippen LogP contribution < -0.4 is 4.74 Å². The van der Waals surface area contributed by atoms with Gasteiger partial charge in [0.25, 0.3) is 0 Å². The Labute approximate surface area is 308 Å². The lowest BCUT2D eigenvalue weighted by Crippen LogP contribution is -2.71. The van der Waals surface area contributed by atoms with Gasteiger partial charge in [0.1, 0.15) is 42.4 Å². The molecule has 10 nitrogen and oxygen atoms in total. The van der Waals surface area contributed by atoms with Crippen LogP contribution in [0, 0.1) is 56.7 Å². The summed E-state index contributed by atoms with van der Waals surface area (Å²) in [5.74, 6) is 0.498. The molecule has 4 aliphatic carbocycles. The smallest absolute Gasteiger partial charge is 0.307 e. The zero-order valence-corrected chi connectivity index (χ0v) is 32.0. The van der Waals surface area contributed by atoms with Crippen LogP contribution in [0.2, 0.25) is 0 Å². The fourth-order valence-corrected chi connectivity index (χ4v) is 12.9. The highest BCUT2D eigenvalue weighted by Gasteiger charge is 2.72. The number of aliphatic hydroxyl groups is 4. The maximum Gasteiger partial charge on any atom is 0.307 e. The Morgan fingerprint density at radius 2 is 1.65 bits per heavy atom. The molecule has 10 heteroatoms. The average Bonchev–Trinajstić information content (AvgIpc) is 3.10. The zero-order valence-electron chi connectivity index (χ0n) is 32.0. The summed E-state index contributed by atoms with van der Waals surface area (Å²) in [7, 11) is 0. The van der Waals surface area contributed by atoms with Gasteiger partial charge in [-0.1, -0.05) is 78.3 Å². The largest absolute Gasteiger partial charge is 0.488 e. The zero-order chi connectivity index (χ0) is 37.6. The number of fused-ring (bicyclic) bond motifs is 3. The molecule has 0 radical (unpaired) electrons. The molecule has 1 unspecified atom stereocenters. The molecular weight excluding hydrogens is 664 g/mol. The predicted molar refractivity (Wildman–Crippen MR) is 193 cm³/mol. The molecular formula is C42H62O10. The van der Waals surface area contributed by atoms with Gasteiger partial charge in [-0.05, 0) is 90.6 Å². The van der Waals surface area contributed by atoms with Crippen molar-refractivity contribution in [2.75, 3.05) is 19.8 Å². The summed E-state index contributed by atoms with van der Waals surface area (Å²) in [6.07, 6.45) is -0.754. The van der Waals surface area contributed by atoms with Gasteiger partial charge in [-0.15, -0.1) is 0 Å². The number of para-hydroxylation sites is 1. The van der Waals surface area contributed by atoms with Gasteiger partial charge in [-0.3, -0.25) is 4.79 Å². The van der Waals surface area contributed by atoms with Crippen molar-refractivity contribution in [3.05, 3.63) is 42.0 Å². The standard InChI is InChI=1S/C42H62O10/c1-23(2)24(3)38(4)17-18-40(6)26-13-14-30-39(5)21-49-22-42(30,27(26)15-16-41(40,7)34(38)36(47)48)19-28(50-25-11-9-8-10-12-25)35(39)52-37-33(46)32(45)31(44)29(20-43)51-37/h8-12,15,23-24,26,28-35,37,43-46H,13-14,16-22H2,1-7H3,(H,47,48)/t24-,26+,28-,29-,30+,31-,32+,33-,34-,35+,37+,38-,39?,40-,41+,42+/m1/s1. The molecule has 2 bridgehead atoms. The molecule has 2 aliphatic heterocycles. The number of ether oxygens (including phenoxy) is 4. The van der Waals surface area contributed by atoms with Gasteiger partial charge in [0.2, 0.25) is 0 Å². The Bertz CT molecular complexity index is 1510. The monoisotopic (exact) mass is 726 g/mol. The summed E-state index contributed by atoms with van der Waals surface area (Å²) in [5, 5.41) is 53.2. The van der Waals surface area contributed by atoms with Crippen LogP contribution >= 0.6 is 0 Å². The summed E-state index contributed by atoms with van der Waals surface area (Å²) in [5.41, 5.74) is -0.579. The predicted octanol–water partition coefficient (Wildman–Crippen LogP) is 5.21. The molecule has 5 N–H and O–H groups in total. The number of benzene rings is 1. The Morgan fingerprint density at radius 1 is 0.942 bits per heavy atom. The van der Waals surface area contributed by atoms with Gasteiger partial charge < -0.3 is 44.5 Å². The minimum atomic E-state index is -1.56. The van der Waals surface area contributed by atoms with Crippen molar-refractivity contribution in [3.63, 3.8) is 0 Å². The van der Waals surface area contributed by atoms with Crippen molar-refractivity contribution in [1.29, 1.82) is 0 Å². The molecule has 0 amide bonds. The summed E-state index contributed by atoms with van der Waals surface area (Å²) < 4.78 is 26.1. The molecule has 2 saturated heterocycles. The topological polar surface area (TPSA) is 155 Å². The Hall–Kier alpha value is -2.05. The normalized spacial score (nSPS) is 49.2. The SMILES string of the molecule is CC(C)[C@@H](C)[C@@]1(C)CC[C@]2(C)[C@H]3CC[C@H]4C5(C)COC[C@@]4(C[C@@H](Oc4ccccc4)[C@@H]5O[C@@H]4O[C@H](CO)[C@@H](O)[C@H](O)[C@H]4O)C3=CC[C@@]2(C)[C@@H]1C(=O)O. The second kappa shape index (κ2) is 13.3. The van der Waals surface area contributed by atoms with E-state index in [1.54, 1.807) is 0 Å². The molecule has 52 heavy (non-hydrogen) atoms. The first-order chi connectivity index (χ1) is 24.5. The molecule has 1 aromatic rings. The van der Waals surface area contributed by atoms with Crippen molar-refractivity contribution < 1.29 is 49.3 Å². The van der Waals surface area contributed by atoms with Gasteiger partial charge in [0.05, 0.1) is 25.7 Å². The van der Waals surface area contributed by atoms with E-state index in [0.717, 1.165) is 25.7 Å². The van der Waals surface area contributed by atoms with Crippen molar-refractivity contribution in [1.82, 2.24) is 0 Å². The number of allylic oxidation sites excluding steroid dienone is 1. The molecule has 0 aromatic heterocycles. The van der Waals surface area contributed by atoms with Gasteiger partial charge in [-0.2, -0.15) is 0 Å². The summed E-state index contributed by atoms with van der Waals surface area (Å²) in [4.78, 5) is 13.5. The fourth-order valence-electron chi connectivity index (χ4n) is 12.9. The second-order valence-electron chi connectivity index (χ2n) is 18.8. The maximum absolute atomic E-state index is 13.5. The van der Waals surface area contributed by atoms with Crippen LogP contribution in [0.1, 0.15) is 87.0 Å². The highest BCUT2D eigenvalue weighted by molar-refractivity contribution is 5.73. The summed E-state index contributed by atoms with van der Waals surface area (Å²) in [6.45, 7) is 16.1. The molecule has 3 saturated carbocycles. The first-order valence-electron chi connectivity index (χ1n) is 19.7. The van der Waals surface area contributed by atoms with Crippen LogP contribution in [-0.2, 0) is 19.0 Å². The van der Waals surface area contributed by atoms with Gasteiger partial charge in [0, 0.05) is 10.8 Å². The van der Waals surface area contributed by atoms with Gasteiger partial charge in [0.15, 0.2) is 6.29 Å². The van der Waals surface area contributed by atoms with E-state index in [2.05, 4.69) is 54.5 Å². The van der Waals surface area contributed by atoms with Gasteiger partial charge >= 0.3 is 5.97 Å². The molecule has 0 spiro atoms. The third-order valence-electron chi connectivity index (χ3n) is 16.2. The third kappa shape index (κ3) is 5.40. The van der Waals surface area contributed by atoms with Crippen LogP contribution in [0.3, 0.4) is 0 Å². The molecule has 2 heterocycles. The number of aliphatic carboxylic acids is 1. The van der Waals surface area contributed by atoms with E-state index < -0.39 is 72.2 Å². The van der Waals surface area contributed by atoms with E-state index in [4.69, 9.17) is 18.9 Å². The minimum absolute atomic E-state index is 0.139. The molecule has 290 valence electrons. The molecule has 1 aromatic carbocycles. The van der Waals surface area contributed by atoms with Crippen molar-refractivity contribution in [2.24, 2.45) is 56.7 Å². The van der Waals surface area contributed by atoms with E-state index in [1.165, 1.54) is 5.57 Å². The minimum Gasteiger partial charge on any atom is -0.488 e. The lowest BCUT2D eigenvalue weighted by molar-refractivity contribution is -0.347.